The van der Waals surface area contributed by atoms with Crippen molar-refractivity contribution in [3.63, 3.8) is 0 Å². The number of aliphatic hydroxyl groups is 1. The molecule has 0 bridgehead atoms. The van der Waals surface area contributed by atoms with E-state index in [-0.39, 0.29) is 0 Å². The van der Waals surface area contributed by atoms with E-state index in [1.165, 1.54) is 0 Å². The summed E-state index contributed by atoms with van der Waals surface area (Å²) in [7, 11) is 0. The van der Waals surface area contributed by atoms with Crippen LogP contribution in [0.4, 0.5) is 14.4 Å². The number of rotatable bonds is 5. The molecule has 0 rings (SSSR count). The molecule has 14 heteroatoms. The topological polar surface area (TPSA) is 242 Å². The van der Waals surface area contributed by atoms with E-state index >= 15 is 0 Å². The average Bonchev–Trinajstić information content (AvgIpc) is 2.24. The van der Waals surface area contributed by atoms with Gasteiger partial charge in [-0.15, -0.1) is 0 Å². The van der Waals surface area contributed by atoms with Crippen molar-refractivity contribution >= 4 is 36.4 Å². The summed E-state index contributed by atoms with van der Waals surface area (Å²) in [4.78, 5) is 59.3. The highest BCUT2D eigenvalue weighted by atomic mass is 16.8. The molecule has 0 unspecified atom stereocenters. The first-order chi connectivity index (χ1) is 10.3. The van der Waals surface area contributed by atoms with Crippen molar-refractivity contribution in [1.29, 1.82) is 0 Å². The van der Waals surface area contributed by atoms with Crippen molar-refractivity contribution in [2.75, 3.05) is 0 Å². The van der Waals surface area contributed by atoms with E-state index in [0.29, 0.717) is 0 Å². The molecular weight excluding hydrogens is 332 g/mol. The SMILES string of the molecule is O=C(O)CC(O)(CC(=O)O)C(=O)O.O=C(O)OC(=O)OC(=O)O. The molecule has 0 saturated heterocycles. The summed E-state index contributed by atoms with van der Waals surface area (Å²) in [5.74, 6) is -5.02. The lowest BCUT2D eigenvalue weighted by Gasteiger charge is -2.18. The fraction of sp³-hybridized carbons (Fsp3) is 0.333. The fourth-order valence-electron chi connectivity index (χ4n) is 0.877. The molecule has 0 fully saturated rings. The molecule has 0 aromatic rings. The van der Waals surface area contributed by atoms with E-state index in [9.17, 15) is 28.8 Å². The third kappa shape index (κ3) is 12.1. The van der Waals surface area contributed by atoms with Crippen molar-refractivity contribution < 1.29 is 68.9 Å². The van der Waals surface area contributed by atoms with Gasteiger partial charge in [-0.25, -0.2) is 19.2 Å². The molecule has 6 N–H and O–H groups in total. The lowest BCUT2D eigenvalue weighted by atomic mass is 9.96. The summed E-state index contributed by atoms with van der Waals surface area (Å²) in [6.45, 7) is 0. The number of carbonyl (C=O) groups is 6. The van der Waals surface area contributed by atoms with Crippen LogP contribution in [-0.4, -0.2) is 72.6 Å². The smallest absolute Gasteiger partial charge is 0.481 e. The van der Waals surface area contributed by atoms with Gasteiger partial charge >= 0.3 is 36.4 Å². The standard InChI is InChI=1S/C6H8O7.C3H2O7/c7-3(8)1-6(13,5(11)12)2-4(9)10;4-1(5)9-3(8)10-2(6)7/h13H,1-2H2,(H,7,8)(H,9,10)(H,11,12);(H,4,5)(H,6,7). The van der Waals surface area contributed by atoms with Gasteiger partial charge in [0.05, 0.1) is 12.8 Å². The normalized spacial score (nSPS) is 9.61. The number of carbonyl (C=O) groups excluding carboxylic acids is 1. The van der Waals surface area contributed by atoms with E-state index in [1.54, 1.807) is 0 Å². The van der Waals surface area contributed by atoms with Gasteiger partial charge < -0.3 is 40.1 Å². The van der Waals surface area contributed by atoms with Crippen LogP contribution in [0.25, 0.3) is 0 Å². The third-order valence-electron chi connectivity index (χ3n) is 1.63. The molecule has 0 aromatic carbocycles. The number of carboxylic acids is 3. The van der Waals surface area contributed by atoms with Gasteiger partial charge in [0.25, 0.3) is 0 Å². The zero-order valence-corrected chi connectivity index (χ0v) is 10.9. The molecule has 0 radical (unpaired) electrons. The van der Waals surface area contributed by atoms with Crippen LogP contribution >= 0.6 is 0 Å². The van der Waals surface area contributed by atoms with Gasteiger partial charge in [0.1, 0.15) is 0 Å². The van der Waals surface area contributed by atoms with Gasteiger partial charge in [-0.3, -0.25) is 9.59 Å². The minimum atomic E-state index is -2.74. The van der Waals surface area contributed by atoms with E-state index in [1.807, 2.05) is 0 Å². The Kier molecular flexibility index (Phi) is 9.04. The Hall–Kier alpha value is -3.42. The molecule has 0 aliphatic rings. The fourth-order valence-corrected chi connectivity index (χ4v) is 0.877. The zero-order valence-electron chi connectivity index (χ0n) is 10.9. The minimum Gasteiger partial charge on any atom is -0.481 e. The van der Waals surface area contributed by atoms with Crippen LogP contribution < -0.4 is 0 Å². The summed E-state index contributed by atoms with van der Waals surface area (Å²) in [5, 5.41) is 49.2. The van der Waals surface area contributed by atoms with Gasteiger partial charge in [0, 0.05) is 0 Å². The van der Waals surface area contributed by atoms with E-state index in [2.05, 4.69) is 9.47 Å². The Morgan fingerprint density at radius 2 is 1.00 bits per heavy atom. The second-order valence-electron chi connectivity index (χ2n) is 3.46. The van der Waals surface area contributed by atoms with Crippen LogP contribution in [0.1, 0.15) is 12.8 Å². The van der Waals surface area contributed by atoms with Crippen LogP contribution in [0.2, 0.25) is 0 Å². The molecule has 0 aliphatic carbocycles. The average molecular weight is 342 g/mol. The van der Waals surface area contributed by atoms with Gasteiger partial charge in [-0.05, 0) is 0 Å². The van der Waals surface area contributed by atoms with Gasteiger partial charge in [-0.1, -0.05) is 0 Å². The van der Waals surface area contributed by atoms with Gasteiger partial charge in [0.2, 0.25) is 0 Å². The highest BCUT2D eigenvalue weighted by molar-refractivity contribution is 5.88. The van der Waals surface area contributed by atoms with Gasteiger partial charge in [0.15, 0.2) is 5.60 Å². The number of carboxylic acid groups (broad SMARTS) is 5. The first-order valence-electron chi connectivity index (χ1n) is 5.05. The zero-order chi connectivity index (χ0) is 18.8. The Balaban J connectivity index is 0. The molecule has 0 saturated carbocycles. The molecule has 0 aromatic heterocycles. The maximum absolute atomic E-state index is 10.3. The maximum Gasteiger partial charge on any atom is 0.528 e. The predicted molar refractivity (Wildman–Crippen MR) is 60.7 cm³/mol. The van der Waals surface area contributed by atoms with E-state index in [0.717, 1.165) is 0 Å². The lowest BCUT2D eigenvalue weighted by Crippen LogP contribution is -2.42. The second-order valence-corrected chi connectivity index (χ2v) is 3.46. The largest absolute Gasteiger partial charge is 0.528 e. The molecule has 23 heavy (non-hydrogen) atoms. The van der Waals surface area contributed by atoms with Gasteiger partial charge in [-0.2, -0.15) is 0 Å². The number of hydrogen-bond acceptors (Lipinski definition) is 9. The summed E-state index contributed by atoms with van der Waals surface area (Å²) in [6, 6.07) is 0. The third-order valence-corrected chi connectivity index (χ3v) is 1.63. The van der Waals surface area contributed by atoms with Crippen molar-refractivity contribution in [3.05, 3.63) is 0 Å². The summed E-state index contributed by atoms with van der Waals surface area (Å²) in [6.07, 6.45) is -7.93. The molecule has 14 nitrogen and oxygen atoms in total. The molecule has 0 aliphatic heterocycles. The molecule has 0 amide bonds. The van der Waals surface area contributed by atoms with Crippen LogP contribution in [0.5, 0.6) is 0 Å². The second kappa shape index (κ2) is 9.50. The predicted octanol–water partition coefficient (Wildman–Crippen LogP) is -0.753. The quantitative estimate of drug-likeness (QED) is 0.266. The minimum absolute atomic E-state index is 1.14. The molecule has 0 atom stereocenters. The van der Waals surface area contributed by atoms with Crippen LogP contribution in [-0.2, 0) is 23.9 Å². The van der Waals surface area contributed by atoms with Crippen molar-refractivity contribution in [2.24, 2.45) is 0 Å². The van der Waals surface area contributed by atoms with Crippen molar-refractivity contribution in [3.8, 4) is 0 Å². The Bertz CT molecular complexity index is 470. The highest BCUT2D eigenvalue weighted by Crippen LogP contribution is 2.15. The molecular formula is C9H10O14. The first kappa shape index (κ1) is 21.9. The summed E-state index contributed by atoms with van der Waals surface area (Å²) < 4.78 is 6.47. The van der Waals surface area contributed by atoms with Crippen LogP contribution in [0.3, 0.4) is 0 Å². The Morgan fingerprint density at radius 3 is 1.17 bits per heavy atom. The maximum atomic E-state index is 10.3. The van der Waals surface area contributed by atoms with E-state index < -0.39 is 54.8 Å². The molecule has 130 valence electrons. The van der Waals surface area contributed by atoms with Crippen molar-refractivity contribution in [1.82, 2.24) is 0 Å². The Morgan fingerprint density at radius 1 is 0.696 bits per heavy atom. The Labute approximate surface area is 125 Å². The monoisotopic (exact) mass is 342 g/mol. The molecule has 0 heterocycles. The first-order valence-corrected chi connectivity index (χ1v) is 5.05. The number of aliphatic carboxylic acids is 3. The molecule has 0 spiro atoms. The number of hydrogen-bond donors (Lipinski definition) is 6. The summed E-state index contributed by atoms with van der Waals surface area (Å²) in [5.41, 5.74) is -2.74. The number of ether oxygens (including phenoxy) is 2. The lowest BCUT2D eigenvalue weighted by molar-refractivity contribution is -0.170. The van der Waals surface area contributed by atoms with Crippen LogP contribution in [0, 0.1) is 0 Å². The van der Waals surface area contributed by atoms with Crippen molar-refractivity contribution in [2.45, 2.75) is 18.4 Å². The van der Waals surface area contributed by atoms with E-state index in [4.69, 9.17) is 30.6 Å². The van der Waals surface area contributed by atoms with Crippen LogP contribution in [0.15, 0.2) is 0 Å². The summed E-state index contributed by atoms with van der Waals surface area (Å²) >= 11 is 0. The highest BCUT2D eigenvalue weighted by Gasteiger charge is 2.40.